The lowest BCUT2D eigenvalue weighted by Crippen LogP contribution is -2.47. The van der Waals surface area contributed by atoms with Gasteiger partial charge >= 0.3 is 0 Å². The average Bonchev–Trinajstić information content (AvgIpc) is 2.83. The molecule has 0 aromatic rings. The number of likely N-dealkylation sites (tertiary alicyclic amines) is 1. The summed E-state index contributed by atoms with van der Waals surface area (Å²) in [5.41, 5.74) is 5.70. The molecule has 0 bridgehead atoms. The molecule has 4 N–H and O–H groups in total. The fraction of sp³-hybridized carbons (Fsp3) is 0.846. The van der Waals surface area contributed by atoms with Crippen LogP contribution in [0.3, 0.4) is 0 Å². The summed E-state index contributed by atoms with van der Waals surface area (Å²) in [7, 11) is 0. The first kappa shape index (κ1) is 15.9. The summed E-state index contributed by atoms with van der Waals surface area (Å²) in [6, 6.07) is -0.575. The molecule has 1 rings (SSSR count). The van der Waals surface area contributed by atoms with Crippen molar-refractivity contribution in [1.82, 2.24) is 10.2 Å². The van der Waals surface area contributed by atoms with Crippen molar-refractivity contribution >= 4 is 11.8 Å². The minimum atomic E-state index is -0.575. The fourth-order valence-corrected chi connectivity index (χ4v) is 2.17. The molecule has 0 aromatic carbocycles. The molecule has 1 aliphatic heterocycles. The number of hydrogen-bond donors (Lipinski definition) is 3. The van der Waals surface area contributed by atoms with Crippen LogP contribution in [0.2, 0.25) is 0 Å². The number of hydrogen-bond acceptors (Lipinski definition) is 4. The lowest BCUT2D eigenvalue weighted by Gasteiger charge is -2.19. The summed E-state index contributed by atoms with van der Waals surface area (Å²) in [5, 5.41) is 11.4. The van der Waals surface area contributed by atoms with Crippen LogP contribution in [0.5, 0.6) is 0 Å². The van der Waals surface area contributed by atoms with Gasteiger partial charge in [-0.25, -0.2) is 0 Å². The zero-order chi connectivity index (χ0) is 14.4. The minimum absolute atomic E-state index is 0.00506. The molecule has 0 aromatic heterocycles. The predicted octanol–water partition coefficient (Wildman–Crippen LogP) is -0.683. The zero-order valence-electron chi connectivity index (χ0n) is 11.8. The van der Waals surface area contributed by atoms with Crippen LogP contribution in [-0.4, -0.2) is 54.1 Å². The Balaban J connectivity index is 2.30. The van der Waals surface area contributed by atoms with Crippen molar-refractivity contribution in [3.05, 3.63) is 0 Å². The van der Waals surface area contributed by atoms with Gasteiger partial charge in [0.1, 0.15) is 0 Å². The third kappa shape index (κ3) is 4.80. The number of aliphatic hydroxyl groups is 1. The maximum Gasteiger partial charge on any atom is 0.241 e. The molecule has 1 fully saturated rings. The van der Waals surface area contributed by atoms with E-state index < -0.39 is 6.04 Å². The van der Waals surface area contributed by atoms with E-state index in [-0.39, 0.29) is 30.9 Å². The maximum atomic E-state index is 11.9. The Hall–Kier alpha value is -1.14. The van der Waals surface area contributed by atoms with Gasteiger partial charge in [-0.15, -0.1) is 0 Å². The van der Waals surface area contributed by atoms with Crippen molar-refractivity contribution in [2.75, 3.05) is 26.2 Å². The predicted molar refractivity (Wildman–Crippen MR) is 72.2 cm³/mol. The van der Waals surface area contributed by atoms with E-state index in [2.05, 4.69) is 5.32 Å². The highest BCUT2D eigenvalue weighted by Crippen LogP contribution is 2.18. The van der Waals surface area contributed by atoms with Crippen molar-refractivity contribution in [2.24, 2.45) is 17.6 Å². The van der Waals surface area contributed by atoms with Gasteiger partial charge < -0.3 is 21.1 Å². The van der Waals surface area contributed by atoms with Crippen molar-refractivity contribution in [2.45, 2.75) is 32.7 Å². The van der Waals surface area contributed by atoms with Crippen LogP contribution in [0.25, 0.3) is 0 Å². The first-order valence-corrected chi connectivity index (χ1v) is 6.87. The quantitative estimate of drug-likeness (QED) is 0.596. The number of aliphatic hydroxyl groups excluding tert-OH is 1. The molecule has 19 heavy (non-hydrogen) atoms. The topological polar surface area (TPSA) is 95.7 Å². The summed E-state index contributed by atoms with van der Waals surface area (Å²) in [6.45, 7) is 5.27. The highest BCUT2D eigenvalue weighted by Gasteiger charge is 2.26. The number of nitrogens with zero attached hydrogens (tertiary/aromatic N) is 1. The van der Waals surface area contributed by atoms with Gasteiger partial charge in [0.05, 0.1) is 12.6 Å². The maximum absolute atomic E-state index is 11.9. The van der Waals surface area contributed by atoms with Gasteiger partial charge in [-0.2, -0.15) is 0 Å². The van der Waals surface area contributed by atoms with Gasteiger partial charge in [0, 0.05) is 19.7 Å². The first-order chi connectivity index (χ1) is 8.95. The molecule has 0 spiro atoms. The molecule has 6 nitrogen and oxygen atoms in total. The number of carbonyl (C=O) groups excluding carboxylic acids is 2. The lowest BCUT2D eigenvalue weighted by molar-refractivity contribution is -0.132. The van der Waals surface area contributed by atoms with E-state index in [1.54, 1.807) is 4.90 Å². The van der Waals surface area contributed by atoms with Crippen molar-refractivity contribution in [3.63, 3.8) is 0 Å². The number of amides is 2. The molecule has 0 aliphatic carbocycles. The van der Waals surface area contributed by atoms with Gasteiger partial charge in [-0.3, -0.25) is 9.59 Å². The standard InChI is InChI=1S/C13H25N3O3/c1-9(2)12(14)13(19)15-7-11(18)16-5-3-10(8-16)4-6-17/h9-10,12,17H,3-8,14H2,1-2H3,(H,15,19)/t10?,12-/m0/s1. The van der Waals surface area contributed by atoms with Crippen LogP contribution < -0.4 is 11.1 Å². The molecular formula is C13H25N3O3. The Labute approximate surface area is 114 Å². The minimum Gasteiger partial charge on any atom is -0.396 e. The highest BCUT2D eigenvalue weighted by molar-refractivity contribution is 5.87. The molecule has 110 valence electrons. The van der Waals surface area contributed by atoms with E-state index >= 15 is 0 Å². The van der Waals surface area contributed by atoms with Crippen molar-refractivity contribution < 1.29 is 14.7 Å². The molecule has 1 heterocycles. The van der Waals surface area contributed by atoms with Gasteiger partial charge in [-0.05, 0) is 24.7 Å². The van der Waals surface area contributed by atoms with Gasteiger partial charge in [-0.1, -0.05) is 13.8 Å². The van der Waals surface area contributed by atoms with Gasteiger partial charge in [0.2, 0.25) is 11.8 Å². The largest absolute Gasteiger partial charge is 0.396 e. The van der Waals surface area contributed by atoms with E-state index in [4.69, 9.17) is 10.8 Å². The van der Waals surface area contributed by atoms with Crippen molar-refractivity contribution in [3.8, 4) is 0 Å². The summed E-state index contributed by atoms with van der Waals surface area (Å²) < 4.78 is 0. The van der Waals surface area contributed by atoms with Crippen LogP contribution in [-0.2, 0) is 9.59 Å². The molecule has 2 amide bonds. The SMILES string of the molecule is CC(C)[C@H](N)C(=O)NCC(=O)N1CCC(CCO)C1. The molecule has 1 saturated heterocycles. The number of nitrogens with two attached hydrogens (primary N) is 1. The van der Waals surface area contributed by atoms with E-state index in [1.807, 2.05) is 13.8 Å². The smallest absolute Gasteiger partial charge is 0.241 e. The molecular weight excluding hydrogens is 246 g/mol. The Kier molecular flexibility index (Phi) is 6.24. The fourth-order valence-electron chi connectivity index (χ4n) is 2.17. The normalized spacial score (nSPS) is 20.7. The third-order valence-electron chi connectivity index (χ3n) is 3.61. The van der Waals surface area contributed by atoms with E-state index in [0.717, 1.165) is 12.8 Å². The van der Waals surface area contributed by atoms with Crippen LogP contribution in [0.4, 0.5) is 0 Å². The monoisotopic (exact) mass is 271 g/mol. The van der Waals surface area contributed by atoms with Crippen LogP contribution in [0, 0.1) is 11.8 Å². The van der Waals surface area contributed by atoms with Crippen LogP contribution >= 0.6 is 0 Å². The molecule has 6 heteroatoms. The summed E-state index contributed by atoms with van der Waals surface area (Å²) in [5.74, 6) is 0.0672. The zero-order valence-corrected chi connectivity index (χ0v) is 11.8. The molecule has 0 radical (unpaired) electrons. The second-order valence-corrected chi connectivity index (χ2v) is 5.49. The summed E-state index contributed by atoms with van der Waals surface area (Å²) in [6.07, 6.45) is 1.65. The number of carbonyl (C=O) groups is 2. The number of nitrogens with one attached hydrogen (secondary N) is 1. The van der Waals surface area contributed by atoms with Gasteiger partial charge in [0.15, 0.2) is 0 Å². The molecule has 1 unspecified atom stereocenters. The molecule has 1 aliphatic rings. The Bertz CT molecular complexity index is 320. The Morgan fingerprint density at radius 3 is 2.74 bits per heavy atom. The van der Waals surface area contributed by atoms with E-state index in [1.165, 1.54) is 0 Å². The lowest BCUT2D eigenvalue weighted by atomic mass is 10.1. The summed E-state index contributed by atoms with van der Waals surface area (Å²) in [4.78, 5) is 25.3. The van der Waals surface area contributed by atoms with E-state index in [9.17, 15) is 9.59 Å². The number of rotatable bonds is 6. The second kappa shape index (κ2) is 7.45. The summed E-state index contributed by atoms with van der Waals surface area (Å²) >= 11 is 0. The Morgan fingerprint density at radius 2 is 2.16 bits per heavy atom. The molecule has 0 saturated carbocycles. The highest BCUT2D eigenvalue weighted by atomic mass is 16.3. The third-order valence-corrected chi connectivity index (χ3v) is 3.61. The first-order valence-electron chi connectivity index (χ1n) is 6.87. The molecule has 2 atom stereocenters. The Morgan fingerprint density at radius 1 is 1.47 bits per heavy atom. The van der Waals surface area contributed by atoms with Gasteiger partial charge in [0.25, 0.3) is 0 Å². The van der Waals surface area contributed by atoms with Crippen LogP contribution in [0.15, 0.2) is 0 Å². The van der Waals surface area contributed by atoms with Crippen LogP contribution in [0.1, 0.15) is 26.7 Å². The second-order valence-electron chi connectivity index (χ2n) is 5.49. The van der Waals surface area contributed by atoms with E-state index in [0.29, 0.717) is 19.0 Å². The van der Waals surface area contributed by atoms with Crippen molar-refractivity contribution in [1.29, 1.82) is 0 Å². The average molecular weight is 271 g/mol.